The van der Waals surface area contributed by atoms with Crippen LogP contribution in [-0.2, 0) is 16.1 Å². The predicted octanol–water partition coefficient (Wildman–Crippen LogP) is 1.84. The number of aromatic nitrogens is 5. The number of benzene rings is 1. The van der Waals surface area contributed by atoms with E-state index in [2.05, 4.69) is 25.8 Å². The first-order valence-corrected chi connectivity index (χ1v) is 11.9. The third kappa shape index (κ3) is 5.08. The van der Waals surface area contributed by atoms with E-state index in [1.807, 2.05) is 0 Å². The summed E-state index contributed by atoms with van der Waals surface area (Å²) in [6.07, 6.45) is -5.19. The number of carbonyl (C=O) groups is 2. The van der Waals surface area contributed by atoms with Gasteiger partial charge in [-0.25, -0.2) is 22.8 Å². The highest BCUT2D eigenvalue weighted by Gasteiger charge is 2.48. The molecule has 0 unspecified atom stereocenters. The molecule has 2 amide bonds. The number of carbonyl (C=O) groups excluding carboxylic acids is 2. The van der Waals surface area contributed by atoms with Crippen molar-refractivity contribution in [3.63, 3.8) is 0 Å². The summed E-state index contributed by atoms with van der Waals surface area (Å²) < 4.78 is 56.0. The van der Waals surface area contributed by atoms with Crippen molar-refractivity contribution in [1.29, 1.82) is 0 Å². The van der Waals surface area contributed by atoms with Crippen LogP contribution in [-0.4, -0.2) is 71.9 Å². The fourth-order valence-electron chi connectivity index (χ4n) is 4.56. The average Bonchev–Trinajstić information content (AvgIpc) is 3.55. The van der Waals surface area contributed by atoms with Gasteiger partial charge in [-0.1, -0.05) is 36.4 Å². The molecule has 14 heteroatoms. The summed E-state index contributed by atoms with van der Waals surface area (Å²) in [6, 6.07) is 9.02. The van der Waals surface area contributed by atoms with Crippen molar-refractivity contribution in [3.8, 4) is 0 Å². The summed E-state index contributed by atoms with van der Waals surface area (Å²) in [7, 11) is 0. The van der Waals surface area contributed by atoms with Gasteiger partial charge in [-0.15, -0.1) is 5.10 Å². The summed E-state index contributed by atoms with van der Waals surface area (Å²) >= 11 is 0. The molecule has 1 saturated heterocycles. The number of nitrogens with zero attached hydrogens (tertiary/aromatic N) is 6. The number of aliphatic hydroxyl groups excluding tert-OH is 1. The first-order chi connectivity index (χ1) is 18.2. The van der Waals surface area contributed by atoms with E-state index in [0.29, 0.717) is 15.8 Å². The van der Waals surface area contributed by atoms with E-state index in [0.717, 1.165) is 17.7 Å². The van der Waals surface area contributed by atoms with Crippen molar-refractivity contribution in [2.24, 2.45) is 0 Å². The number of pyridine rings is 1. The molecule has 2 N–H and O–H groups in total. The molecule has 10 nitrogen and oxygen atoms in total. The van der Waals surface area contributed by atoms with Crippen LogP contribution in [0.3, 0.4) is 0 Å². The number of hydrogen-bond acceptors (Lipinski definition) is 7. The topological polar surface area (TPSA) is 126 Å². The summed E-state index contributed by atoms with van der Waals surface area (Å²) in [4.78, 5) is 31.1. The van der Waals surface area contributed by atoms with Crippen molar-refractivity contribution >= 4 is 11.8 Å². The van der Waals surface area contributed by atoms with E-state index in [1.54, 1.807) is 42.5 Å². The third-order valence-corrected chi connectivity index (χ3v) is 6.66. The second-order valence-electron chi connectivity index (χ2n) is 9.24. The fourth-order valence-corrected chi connectivity index (χ4v) is 4.56. The van der Waals surface area contributed by atoms with Gasteiger partial charge >= 0.3 is 0 Å². The number of amides is 2. The Bertz CT molecular complexity index is 1320. The van der Waals surface area contributed by atoms with E-state index < -0.39 is 67.5 Å². The van der Waals surface area contributed by atoms with Crippen LogP contribution < -0.4 is 5.32 Å². The minimum absolute atomic E-state index is 0.113. The number of likely N-dealkylation sites (tertiary alicyclic amines) is 1. The number of aliphatic hydroxyl groups is 1. The van der Waals surface area contributed by atoms with E-state index >= 15 is 0 Å². The molecule has 0 radical (unpaired) electrons. The number of hydrogen-bond donors (Lipinski definition) is 2. The zero-order valence-electron chi connectivity index (χ0n) is 19.8. The van der Waals surface area contributed by atoms with E-state index in [9.17, 15) is 32.3 Å². The SMILES string of the molecule is O=C(N[C@@H](c1ccccc1)c1ccc(C2CC2)c(F)n1)[C@@H]1[C@@H](O)[C@H](F)CN1C(=O)Cn1nnnc1C(F)F. The first-order valence-electron chi connectivity index (χ1n) is 11.9. The number of alkyl halides is 3. The van der Waals surface area contributed by atoms with Gasteiger partial charge in [0.05, 0.1) is 18.3 Å². The molecule has 2 aliphatic rings. The average molecular weight is 533 g/mol. The highest BCUT2D eigenvalue weighted by molar-refractivity contribution is 5.89. The van der Waals surface area contributed by atoms with Crippen molar-refractivity contribution in [3.05, 3.63) is 71.1 Å². The Hall–Kier alpha value is -3.94. The van der Waals surface area contributed by atoms with Crippen LogP contribution in [0.15, 0.2) is 42.5 Å². The Morgan fingerprint density at radius 1 is 1.13 bits per heavy atom. The second kappa shape index (κ2) is 10.4. The largest absolute Gasteiger partial charge is 0.387 e. The van der Waals surface area contributed by atoms with Gasteiger partial charge in [0.25, 0.3) is 6.43 Å². The molecule has 0 spiro atoms. The maximum atomic E-state index is 14.8. The number of rotatable bonds is 8. The normalized spacial score (nSPS) is 22.1. The molecule has 200 valence electrons. The molecule has 2 fully saturated rings. The van der Waals surface area contributed by atoms with Crippen molar-refractivity contribution in [2.45, 2.75) is 56.1 Å². The van der Waals surface area contributed by atoms with Crippen LogP contribution in [0.4, 0.5) is 17.6 Å². The second-order valence-corrected chi connectivity index (χ2v) is 9.24. The van der Waals surface area contributed by atoms with Gasteiger partial charge in [0, 0.05) is 5.56 Å². The van der Waals surface area contributed by atoms with Gasteiger partial charge in [0.2, 0.25) is 23.6 Å². The Balaban J connectivity index is 1.40. The van der Waals surface area contributed by atoms with Gasteiger partial charge in [-0.05, 0) is 40.8 Å². The number of tetrazole rings is 1. The Morgan fingerprint density at radius 2 is 1.87 bits per heavy atom. The lowest BCUT2D eigenvalue weighted by atomic mass is 10.0. The van der Waals surface area contributed by atoms with Crippen molar-refractivity contribution in [1.82, 2.24) is 35.4 Å². The minimum atomic E-state index is -3.07. The van der Waals surface area contributed by atoms with Crippen LogP contribution in [0.25, 0.3) is 0 Å². The van der Waals surface area contributed by atoms with Gasteiger partial charge in [0.1, 0.15) is 24.9 Å². The maximum Gasteiger partial charge on any atom is 0.298 e. The maximum absolute atomic E-state index is 14.8. The van der Waals surface area contributed by atoms with Crippen molar-refractivity contribution < 1.29 is 32.3 Å². The molecular formula is C24H23F4N7O3. The van der Waals surface area contributed by atoms with Crippen LogP contribution in [0, 0.1) is 5.95 Å². The van der Waals surface area contributed by atoms with Gasteiger partial charge in [-0.3, -0.25) is 9.59 Å². The van der Waals surface area contributed by atoms with Gasteiger partial charge in [0.15, 0.2) is 0 Å². The predicted molar refractivity (Wildman–Crippen MR) is 122 cm³/mol. The molecule has 1 aliphatic carbocycles. The van der Waals surface area contributed by atoms with E-state index in [1.165, 1.54) is 0 Å². The smallest absolute Gasteiger partial charge is 0.298 e. The van der Waals surface area contributed by atoms with E-state index in [4.69, 9.17) is 0 Å². The molecule has 3 aromatic rings. The van der Waals surface area contributed by atoms with Crippen LogP contribution in [0.1, 0.15) is 53.9 Å². The third-order valence-electron chi connectivity index (χ3n) is 6.66. The lowest BCUT2D eigenvalue weighted by molar-refractivity contribution is -0.141. The van der Waals surface area contributed by atoms with Gasteiger partial charge in [-0.2, -0.15) is 4.39 Å². The highest BCUT2D eigenvalue weighted by Crippen LogP contribution is 2.41. The molecule has 3 heterocycles. The minimum Gasteiger partial charge on any atom is -0.387 e. The highest BCUT2D eigenvalue weighted by atomic mass is 19.3. The lowest BCUT2D eigenvalue weighted by Gasteiger charge is -2.28. The summed E-state index contributed by atoms with van der Waals surface area (Å²) in [5.41, 5.74) is 1.19. The van der Waals surface area contributed by atoms with Crippen molar-refractivity contribution in [2.75, 3.05) is 6.54 Å². The van der Waals surface area contributed by atoms with E-state index in [-0.39, 0.29) is 11.6 Å². The molecule has 0 bridgehead atoms. The molecule has 38 heavy (non-hydrogen) atoms. The zero-order valence-corrected chi connectivity index (χ0v) is 19.8. The molecule has 1 aliphatic heterocycles. The Morgan fingerprint density at radius 3 is 2.53 bits per heavy atom. The van der Waals surface area contributed by atoms with Crippen LogP contribution in [0.2, 0.25) is 0 Å². The Kier molecular flexibility index (Phi) is 7.06. The van der Waals surface area contributed by atoms with Crippen LogP contribution in [0.5, 0.6) is 0 Å². The monoisotopic (exact) mass is 533 g/mol. The molecule has 2 aromatic heterocycles. The lowest BCUT2D eigenvalue weighted by Crippen LogP contribution is -2.52. The summed E-state index contributed by atoms with van der Waals surface area (Å²) in [5, 5.41) is 22.7. The number of halogens is 4. The molecule has 5 rings (SSSR count). The zero-order chi connectivity index (χ0) is 27.0. The first kappa shape index (κ1) is 25.7. The number of nitrogens with one attached hydrogen (secondary N) is 1. The Labute approximate surface area is 213 Å². The quantitative estimate of drug-likeness (QED) is 0.334. The molecular weight excluding hydrogens is 510 g/mol. The summed E-state index contributed by atoms with van der Waals surface area (Å²) in [6.45, 7) is -1.45. The van der Waals surface area contributed by atoms with Crippen LogP contribution >= 0.6 is 0 Å². The molecule has 1 aromatic carbocycles. The van der Waals surface area contributed by atoms with Gasteiger partial charge < -0.3 is 15.3 Å². The summed E-state index contributed by atoms with van der Waals surface area (Å²) in [5.74, 6) is -3.30. The molecule has 1 saturated carbocycles. The standard InChI is InChI=1S/C24H23F4N7O3/c25-15-10-34(17(36)11-35-23(21(26)27)31-32-33-35)19(20(15)37)24(38)30-18(13-4-2-1-3-5-13)16-9-8-14(12-6-7-12)22(28)29-16/h1-5,8-9,12,15,18-21,37H,6-7,10-11H2,(H,30,38)/t15-,18+,19+,20+/m1/s1. The molecule has 4 atom stereocenters. The fraction of sp³-hybridized carbons (Fsp3) is 0.417.